The molecule has 0 aromatic heterocycles. The van der Waals surface area contributed by atoms with Crippen LogP contribution in [-0.2, 0) is 14.3 Å². The fourth-order valence-electron chi connectivity index (χ4n) is 2.16. The zero-order chi connectivity index (χ0) is 19.0. The highest BCUT2D eigenvalue weighted by Gasteiger charge is 2.22. The van der Waals surface area contributed by atoms with Crippen LogP contribution in [0.2, 0.25) is 5.31 Å². The summed E-state index contributed by atoms with van der Waals surface area (Å²) in [4.78, 5) is 22.9. The topological polar surface area (TPSA) is 81.4 Å². The van der Waals surface area contributed by atoms with Crippen molar-refractivity contribution < 1.29 is 18.8 Å². The second-order valence-electron chi connectivity index (χ2n) is 8.48. The third-order valence-electron chi connectivity index (χ3n) is 3.82. The predicted molar refractivity (Wildman–Crippen MR) is 97.7 cm³/mol. The number of nitrogens with two attached hydrogens (primary N) is 1. The molecule has 3 N–H and O–H groups in total. The maximum Gasteiger partial charge on any atom is 0.272 e. The van der Waals surface area contributed by atoms with Gasteiger partial charge in [-0.2, -0.15) is 0 Å². The van der Waals surface area contributed by atoms with Gasteiger partial charge in [0.05, 0.1) is 40.6 Å². The average molecular weight is 340 g/mol. The van der Waals surface area contributed by atoms with Gasteiger partial charge in [0.25, 0.3) is 5.91 Å². The summed E-state index contributed by atoms with van der Waals surface area (Å²) in [5.41, 5.74) is 4.85. The normalized spacial score (nSPS) is 12.9. The zero-order valence-electron chi connectivity index (χ0n) is 16.3. The molecule has 0 aromatic carbocycles. The van der Waals surface area contributed by atoms with E-state index in [1.54, 1.807) is 0 Å². The number of hydrogen-bond acceptors (Lipinski definition) is 3. The number of nitrogens with one attached hydrogen (secondary N) is 1. The molecule has 0 aliphatic carbocycles. The third kappa shape index (κ3) is 13.4. The molecule has 6 nitrogen and oxygen atoms in total. The Morgan fingerprint density at radius 3 is 2.25 bits per heavy atom. The largest absolute Gasteiger partial charge is 0.376 e. The van der Waals surface area contributed by atoms with E-state index in [-0.39, 0.29) is 29.3 Å². The highest BCUT2D eigenvalue weighted by atomic mass is 16.5. The first-order chi connectivity index (χ1) is 10.7. The predicted octanol–water partition coefficient (Wildman–Crippen LogP) is 0.997. The summed E-state index contributed by atoms with van der Waals surface area (Å²) in [6.45, 7) is 9.91. The van der Waals surface area contributed by atoms with E-state index in [2.05, 4.69) is 5.32 Å². The zero-order valence-corrected chi connectivity index (χ0v) is 16.3. The van der Waals surface area contributed by atoms with Crippen LogP contribution in [0.4, 0.5) is 0 Å². The molecule has 0 spiro atoms. The highest BCUT2D eigenvalue weighted by Crippen LogP contribution is 2.25. The van der Waals surface area contributed by atoms with Crippen LogP contribution in [0, 0.1) is 0 Å². The molecule has 0 atom stereocenters. The van der Waals surface area contributed by atoms with Gasteiger partial charge in [-0.1, -0.05) is 19.2 Å². The second-order valence-corrected chi connectivity index (χ2v) is 8.48. The molecule has 0 aliphatic rings. The number of primary amides is 1. The van der Waals surface area contributed by atoms with E-state index in [0.717, 1.165) is 6.42 Å². The van der Waals surface area contributed by atoms with Crippen LogP contribution in [0.3, 0.4) is 0 Å². The molecule has 0 rings (SSSR count). The van der Waals surface area contributed by atoms with Gasteiger partial charge in [0.1, 0.15) is 0 Å². The summed E-state index contributed by atoms with van der Waals surface area (Å²) in [5.74, 6) is -0.351. The molecule has 138 valence electrons. The quantitative estimate of drug-likeness (QED) is 0.411. The average Bonchev–Trinajstić information content (AvgIpc) is 2.32. The number of carbonyl (C=O) groups is 2. The fraction of sp³-hybridized carbons (Fsp3) is 0.882. The van der Waals surface area contributed by atoms with Crippen molar-refractivity contribution >= 4 is 19.7 Å². The number of likely N-dealkylation sites (N-methyl/N-ethyl adjacent to an activating group) is 1. The Bertz CT molecular complexity index is 418. The molecule has 7 heteroatoms. The Kier molecular flexibility index (Phi) is 9.00. The van der Waals surface area contributed by atoms with Crippen LogP contribution in [0.15, 0.2) is 0 Å². The molecule has 0 unspecified atom stereocenters. The molecular formula is C17H35BN3O3+. The van der Waals surface area contributed by atoms with Crippen molar-refractivity contribution in [1.82, 2.24) is 5.32 Å². The molecule has 2 amide bonds. The number of rotatable bonds is 12. The molecular weight excluding hydrogens is 305 g/mol. The van der Waals surface area contributed by atoms with Crippen LogP contribution in [0.1, 0.15) is 47.0 Å². The molecule has 0 heterocycles. The summed E-state index contributed by atoms with van der Waals surface area (Å²) >= 11 is 0. The summed E-state index contributed by atoms with van der Waals surface area (Å²) in [5, 5.41) is 2.64. The van der Waals surface area contributed by atoms with Gasteiger partial charge in [0.2, 0.25) is 5.91 Å². The first kappa shape index (κ1) is 22.9. The minimum atomic E-state index is -0.357. The van der Waals surface area contributed by atoms with Gasteiger partial charge >= 0.3 is 0 Å². The smallest absolute Gasteiger partial charge is 0.272 e. The highest BCUT2D eigenvalue weighted by molar-refractivity contribution is 6.14. The van der Waals surface area contributed by atoms with Gasteiger partial charge in [-0.25, -0.2) is 0 Å². The first-order valence-electron chi connectivity index (χ1n) is 8.52. The Balaban J connectivity index is 4.01. The monoisotopic (exact) mass is 340 g/mol. The van der Waals surface area contributed by atoms with E-state index in [9.17, 15) is 9.59 Å². The number of amides is 2. The van der Waals surface area contributed by atoms with E-state index in [0.29, 0.717) is 37.0 Å². The van der Waals surface area contributed by atoms with E-state index in [1.807, 2.05) is 41.8 Å². The standard InChI is InChI=1S/C17H34BN3O3/c1-16(2,18)9-12-24-17(3,4)8-7-15(23)20-10-11-21(5,6)13-14(19)22/h7-13H2,1-6H3,(H2-,19,20,22,23)/p+1. The number of quaternary nitrogens is 1. The van der Waals surface area contributed by atoms with Gasteiger partial charge < -0.3 is 20.3 Å². The van der Waals surface area contributed by atoms with Gasteiger partial charge in [0, 0.05) is 13.0 Å². The lowest BCUT2D eigenvalue weighted by molar-refractivity contribution is -0.881. The number of ether oxygens (including phenoxy) is 1. The molecule has 0 aliphatic heterocycles. The molecule has 0 saturated carbocycles. The Morgan fingerprint density at radius 2 is 1.75 bits per heavy atom. The van der Waals surface area contributed by atoms with E-state index < -0.39 is 0 Å². The minimum Gasteiger partial charge on any atom is -0.376 e. The SMILES string of the molecule is [B]C(C)(C)CCOC(C)(C)CCC(=O)NCC[N+](C)(C)CC(N)=O. The van der Waals surface area contributed by atoms with E-state index >= 15 is 0 Å². The summed E-state index contributed by atoms with van der Waals surface area (Å²) in [6, 6.07) is 0. The lowest BCUT2D eigenvalue weighted by Gasteiger charge is -2.29. The van der Waals surface area contributed by atoms with Crippen molar-refractivity contribution in [2.45, 2.75) is 57.9 Å². The minimum absolute atomic E-state index is 0.00935. The maximum atomic E-state index is 11.9. The molecule has 0 aromatic rings. The van der Waals surface area contributed by atoms with Crippen LogP contribution in [0.25, 0.3) is 0 Å². The van der Waals surface area contributed by atoms with Crippen molar-refractivity contribution in [1.29, 1.82) is 0 Å². The van der Waals surface area contributed by atoms with E-state index in [1.165, 1.54) is 0 Å². The van der Waals surface area contributed by atoms with Crippen molar-refractivity contribution in [3.8, 4) is 0 Å². The van der Waals surface area contributed by atoms with Crippen LogP contribution < -0.4 is 11.1 Å². The molecule has 0 saturated heterocycles. The molecule has 0 fully saturated rings. The molecule has 0 bridgehead atoms. The van der Waals surface area contributed by atoms with Crippen molar-refractivity contribution in [2.24, 2.45) is 5.73 Å². The maximum absolute atomic E-state index is 11.9. The van der Waals surface area contributed by atoms with Crippen molar-refractivity contribution in [2.75, 3.05) is 40.3 Å². The Labute approximate surface area is 148 Å². The lowest BCUT2D eigenvalue weighted by Crippen LogP contribution is -2.49. The van der Waals surface area contributed by atoms with Gasteiger partial charge in [0.15, 0.2) is 6.54 Å². The Morgan fingerprint density at radius 1 is 1.17 bits per heavy atom. The summed E-state index contributed by atoms with van der Waals surface area (Å²) in [7, 11) is 9.75. The molecule has 24 heavy (non-hydrogen) atoms. The van der Waals surface area contributed by atoms with Crippen molar-refractivity contribution in [3.63, 3.8) is 0 Å². The fourth-order valence-corrected chi connectivity index (χ4v) is 2.16. The number of hydrogen-bond donors (Lipinski definition) is 2. The summed E-state index contributed by atoms with van der Waals surface area (Å²) < 4.78 is 6.30. The Hall–Kier alpha value is -1.08. The second kappa shape index (κ2) is 9.42. The van der Waals surface area contributed by atoms with Gasteiger partial charge in [-0.05, 0) is 26.7 Å². The van der Waals surface area contributed by atoms with Crippen LogP contribution >= 0.6 is 0 Å². The van der Waals surface area contributed by atoms with Gasteiger partial charge in [-0.3, -0.25) is 9.59 Å². The van der Waals surface area contributed by atoms with Crippen LogP contribution in [0.5, 0.6) is 0 Å². The summed E-state index contributed by atoms with van der Waals surface area (Å²) in [6.07, 6.45) is 1.82. The lowest BCUT2D eigenvalue weighted by atomic mass is 9.70. The first-order valence-corrected chi connectivity index (χ1v) is 8.52. The van der Waals surface area contributed by atoms with Gasteiger partial charge in [-0.15, -0.1) is 0 Å². The number of nitrogens with zero attached hydrogens (tertiary/aromatic N) is 1. The molecule has 2 radical (unpaired) electrons. The van der Waals surface area contributed by atoms with E-state index in [4.69, 9.17) is 18.3 Å². The van der Waals surface area contributed by atoms with Crippen molar-refractivity contribution in [3.05, 3.63) is 0 Å². The third-order valence-corrected chi connectivity index (χ3v) is 3.82. The number of carbonyl (C=O) groups excluding carboxylic acids is 2. The van der Waals surface area contributed by atoms with Crippen LogP contribution in [-0.4, -0.2) is 70.1 Å².